The summed E-state index contributed by atoms with van der Waals surface area (Å²) in [4.78, 5) is 44.4. The van der Waals surface area contributed by atoms with Gasteiger partial charge in [-0.1, -0.05) is 0 Å². The molecule has 0 aliphatic heterocycles. The number of oxazole rings is 1. The zero-order valence-corrected chi connectivity index (χ0v) is 24.3. The van der Waals surface area contributed by atoms with Crippen LogP contribution in [0.1, 0.15) is 50.5 Å². The van der Waals surface area contributed by atoms with Gasteiger partial charge < -0.3 is 23.9 Å². The van der Waals surface area contributed by atoms with E-state index in [-0.39, 0.29) is 30.8 Å². The van der Waals surface area contributed by atoms with Gasteiger partial charge >= 0.3 is 18.2 Å². The molecule has 0 fully saturated rings. The molecule has 0 bridgehead atoms. The van der Waals surface area contributed by atoms with Gasteiger partial charge in [0, 0.05) is 34.3 Å². The van der Waals surface area contributed by atoms with Gasteiger partial charge in [-0.3, -0.25) is 15.1 Å². The highest BCUT2D eigenvalue weighted by Crippen LogP contribution is 2.33. The number of aromatic nitrogens is 2. The van der Waals surface area contributed by atoms with Crippen LogP contribution in [0.4, 0.5) is 19.7 Å². The van der Waals surface area contributed by atoms with Crippen LogP contribution in [0, 0.1) is 5.82 Å². The average molecular weight is 621 g/mol. The van der Waals surface area contributed by atoms with Crippen LogP contribution in [-0.4, -0.2) is 47.9 Å². The minimum absolute atomic E-state index is 0.0324. The number of methoxy groups -OCH3 is 2. The summed E-state index contributed by atoms with van der Waals surface area (Å²) in [6.45, 7) is 5.20. The first-order valence-electron chi connectivity index (χ1n) is 12.2. The van der Waals surface area contributed by atoms with Crippen LogP contribution >= 0.6 is 15.9 Å². The van der Waals surface area contributed by atoms with Crippen LogP contribution in [0.5, 0.6) is 0 Å². The number of anilines is 1. The van der Waals surface area contributed by atoms with Crippen LogP contribution < -0.4 is 10.6 Å². The van der Waals surface area contributed by atoms with E-state index in [2.05, 4.69) is 46.0 Å². The maximum atomic E-state index is 14.4. The molecule has 2 heterocycles. The number of rotatable bonds is 9. The SMILES string of the molecule is COC(=O)CCc1nc(CC(NC(=O)OC(C)(C)C)c2ncc(-c3ccc(NC(=O)OC)cc3Br)o2)ccc1F. The van der Waals surface area contributed by atoms with Gasteiger partial charge in [-0.2, -0.15) is 0 Å². The molecule has 0 saturated carbocycles. The number of hydrogen-bond donors (Lipinski definition) is 2. The molecule has 2 N–H and O–H groups in total. The lowest BCUT2D eigenvalue weighted by Gasteiger charge is -2.22. The van der Waals surface area contributed by atoms with Crippen molar-refractivity contribution in [3.05, 3.63) is 64.1 Å². The number of carbonyl (C=O) groups is 3. The molecule has 2 aromatic heterocycles. The van der Waals surface area contributed by atoms with Crippen LogP contribution in [0.15, 0.2) is 45.4 Å². The Morgan fingerprint density at radius 3 is 2.50 bits per heavy atom. The summed E-state index contributed by atoms with van der Waals surface area (Å²) in [6, 6.07) is 6.95. The number of hydrogen-bond acceptors (Lipinski definition) is 9. The first kappa shape index (κ1) is 30.5. The topological polar surface area (TPSA) is 142 Å². The standard InChI is InChI=1S/C27H30BrFN4O7/c1-27(2,3)40-26(36)33-21(13-16-7-9-19(29)20(31-16)10-11-23(34)37-4)24-30-14-22(39-24)17-8-6-15(12-18(17)28)32-25(35)38-5/h6-9,12,14,21H,10-11,13H2,1-5H3,(H,32,35)(H,33,36). The Morgan fingerprint density at radius 1 is 1.10 bits per heavy atom. The molecule has 0 radical (unpaired) electrons. The zero-order chi connectivity index (χ0) is 29.4. The molecule has 1 unspecified atom stereocenters. The van der Waals surface area contributed by atoms with Crippen molar-refractivity contribution >= 4 is 39.8 Å². The molecule has 0 aliphatic carbocycles. The number of nitrogens with one attached hydrogen (secondary N) is 2. The van der Waals surface area contributed by atoms with E-state index < -0.39 is 35.6 Å². The number of ether oxygens (including phenoxy) is 3. The summed E-state index contributed by atoms with van der Waals surface area (Å²) in [5.74, 6) is -0.499. The molecule has 0 spiro atoms. The normalized spacial score (nSPS) is 11.9. The molecule has 40 heavy (non-hydrogen) atoms. The lowest BCUT2D eigenvalue weighted by atomic mass is 10.1. The summed E-state index contributed by atoms with van der Waals surface area (Å²) >= 11 is 3.47. The smallest absolute Gasteiger partial charge is 0.411 e. The molecule has 11 nitrogen and oxygen atoms in total. The fourth-order valence-corrected chi connectivity index (χ4v) is 4.11. The Labute approximate surface area is 238 Å². The van der Waals surface area contributed by atoms with Crippen molar-refractivity contribution in [1.82, 2.24) is 15.3 Å². The van der Waals surface area contributed by atoms with Gasteiger partial charge in [0.2, 0.25) is 5.89 Å². The van der Waals surface area contributed by atoms with Crippen LogP contribution in [0.2, 0.25) is 0 Å². The monoisotopic (exact) mass is 620 g/mol. The third-order valence-electron chi connectivity index (χ3n) is 5.36. The highest BCUT2D eigenvalue weighted by Gasteiger charge is 2.26. The summed E-state index contributed by atoms with van der Waals surface area (Å²) in [5.41, 5.74) is 0.904. The molecule has 214 valence electrons. The number of aryl methyl sites for hydroxylation is 1. The van der Waals surface area contributed by atoms with Crippen LogP contribution in [-0.2, 0) is 31.8 Å². The summed E-state index contributed by atoms with van der Waals surface area (Å²) < 4.78 is 35.6. The van der Waals surface area contributed by atoms with Gasteiger partial charge in [-0.25, -0.2) is 19.0 Å². The molecule has 0 aliphatic rings. The third kappa shape index (κ3) is 8.76. The van der Waals surface area contributed by atoms with E-state index in [1.165, 1.54) is 32.5 Å². The second-order valence-electron chi connectivity index (χ2n) is 9.58. The number of pyridine rings is 1. The maximum Gasteiger partial charge on any atom is 0.411 e. The van der Waals surface area contributed by atoms with Crippen molar-refractivity contribution in [1.29, 1.82) is 0 Å². The number of nitrogens with zero attached hydrogens (tertiary/aromatic N) is 2. The summed E-state index contributed by atoms with van der Waals surface area (Å²) in [7, 11) is 2.52. The van der Waals surface area contributed by atoms with Crippen molar-refractivity contribution < 1.29 is 37.4 Å². The van der Waals surface area contributed by atoms with Gasteiger partial charge in [0.25, 0.3) is 0 Å². The second kappa shape index (κ2) is 13.4. The predicted molar refractivity (Wildman–Crippen MR) is 146 cm³/mol. The first-order chi connectivity index (χ1) is 18.9. The predicted octanol–water partition coefficient (Wildman–Crippen LogP) is 5.73. The molecule has 1 atom stereocenters. The molecule has 1 aromatic carbocycles. The molecular formula is C27H30BrFN4O7. The average Bonchev–Trinajstić information content (AvgIpc) is 3.37. The minimum atomic E-state index is -0.825. The van der Waals surface area contributed by atoms with E-state index in [0.717, 1.165) is 0 Å². The van der Waals surface area contributed by atoms with Crippen LogP contribution in [0.3, 0.4) is 0 Å². The Kier molecular flexibility index (Phi) is 10.2. The van der Waals surface area contributed by atoms with E-state index in [0.29, 0.717) is 27.2 Å². The second-order valence-corrected chi connectivity index (χ2v) is 10.4. The number of esters is 1. The van der Waals surface area contributed by atoms with Crippen LogP contribution in [0.25, 0.3) is 11.3 Å². The quantitative estimate of drug-likeness (QED) is 0.226. The third-order valence-corrected chi connectivity index (χ3v) is 6.02. The van der Waals surface area contributed by atoms with Gasteiger partial charge in [0.05, 0.1) is 32.5 Å². The zero-order valence-electron chi connectivity index (χ0n) is 22.7. The minimum Gasteiger partial charge on any atom is -0.469 e. The Balaban J connectivity index is 1.88. The number of halogens is 2. The number of carbonyl (C=O) groups excluding carboxylic acids is 3. The molecule has 0 saturated heterocycles. The summed E-state index contributed by atoms with van der Waals surface area (Å²) in [5, 5.41) is 5.32. The number of amides is 2. The van der Waals surface area contributed by atoms with E-state index in [1.54, 1.807) is 39.0 Å². The maximum absolute atomic E-state index is 14.4. The lowest BCUT2D eigenvalue weighted by Crippen LogP contribution is -2.36. The van der Waals surface area contributed by atoms with E-state index in [1.807, 2.05) is 0 Å². The number of alkyl carbamates (subject to hydrolysis) is 1. The molecule has 3 aromatic rings. The first-order valence-corrected chi connectivity index (χ1v) is 13.0. The fourth-order valence-electron chi connectivity index (χ4n) is 3.53. The van der Waals surface area contributed by atoms with E-state index >= 15 is 0 Å². The van der Waals surface area contributed by atoms with Gasteiger partial charge in [0.1, 0.15) is 17.5 Å². The van der Waals surface area contributed by atoms with Crippen molar-refractivity contribution in [3.63, 3.8) is 0 Å². The molecular weight excluding hydrogens is 591 g/mol. The van der Waals surface area contributed by atoms with Gasteiger partial charge in [-0.05, 0) is 67.0 Å². The highest BCUT2D eigenvalue weighted by molar-refractivity contribution is 9.10. The Morgan fingerprint density at radius 2 is 1.85 bits per heavy atom. The van der Waals surface area contributed by atoms with E-state index in [9.17, 15) is 18.8 Å². The van der Waals surface area contributed by atoms with Crippen molar-refractivity contribution in [2.75, 3.05) is 19.5 Å². The molecule has 3 rings (SSSR count). The van der Waals surface area contributed by atoms with Crippen molar-refractivity contribution in [2.24, 2.45) is 0 Å². The van der Waals surface area contributed by atoms with Crippen molar-refractivity contribution in [3.8, 4) is 11.3 Å². The summed E-state index contributed by atoms with van der Waals surface area (Å²) in [6.07, 6.45) is 0.287. The highest BCUT2D eigenvalue weighted by atomic mass is 79.9. The fraction of sp³-hybridized carbons (Fsp3) is 0.370. The lowest BCUT2D eigenvalue weighted by molar-refractivity contribution is -0.140. The number of benzene rings is 1. The van der Waals surface area contributed by atoms with E-state index in [4.69, 9.17) is 9.15 Å². The Hall–Kier alpha value is -4.00. The largest absolute Gasteiger partial charge is 0.469 e. The Bertz CT molecular complexity index is 1370. The van der Waals surface area contributed by atoms with Gasteiger partial charge in [0.15, 0.2) is 5.76 Å². The van der Waals surface area contributed by atoms with Crippen molar-refractivity contribution in [2.45, 2.75) is 51.7 Å². The molecule has 13 heteroatoms. The molecule has 2 amide bonds. The van der Waals surface area contributed by atoms with Gasteiger partial charge in [-0.15, -0.1) is 0 Å².